The molecule has 0 saturated carbocycles. The van der Waals surface area contributed by atoms with Gasteiger partial charge in [-0.25, -0.2) is 4.79 Å². The van der Waals surface area contributed by atoms with Crippen molar-refractivity contribution in [3.63, 3.8) is 0 Å². The van der Waals surface area contributed by atoms with E-state index in [4.69, 9.17) is 4.74 Å². The van der Waals surface area contributed by atoms with Gasteiger partial charge >= 0.3 is 6.03 Å². The van der Waals surface area contributed by atoms with Gasteiger partial charge in [-0.15, -0.1) is 11.3 Å². The molecular weight excluding hydrogens is 366 g/mol. The van der Waals surface area contributed by atoms with Crippen molar-refractivity contribution in [2.24, 2.45) is 0 Å². The number of thiophene rings is 1. The van der Waals surface area contributed by atoms with Crippen LogP contribution in [0.2, 0.25) is 0 Å². The second kappa shape index (κ2) is 7.77. The van der Waals surface area contributed by atoms with Gasteiger partial charge in [-0.1, -0.05) is 0 Å². The lowest BCUT2D eigenvalue weighted by Gasteiger charge is -2.41. The van der Waals surface area contributed by atoms with Crippen LogP contribution in [0.25, 0.3) is 0 Å². The van der Waals surface area contributed by atoms with Crippen molar-refractivity contribution in [2.75, 3.05) is 39.9 Å². The molecule has 1 aliphatic heterocycles. The first-order valence-electron chi connectivity index (χ1n) is 7.44. The van der Waals surface area contributed by atoms with E-state index in [9.17, 15) is 4.79 Å². The summed E-state index contributed by atoms with van der Waals surface area (Å²) in [4.78, 5) is 17.5. The molecule has 7 heteroatoms. The van der Waals surface area contributed by atoms with Crippen molar-refractivity contribution in [2.45, 2.75) is 25.9 Å². The Balaban J connectivity index is 1.80. The van der Waals surface area contributed by atoms with Gasteiger partial charge in [0.15, 0.2) is 0 Å². The molecule has 0 aromatic carbocycles. The fraction of sp³-hybridized carbons (Fsp3) is 0.667. The largest absolute Gasteiger partial charge is 0.379 e. The Morgan fingerprint density at radius 1 is 1.45 bits per heavy atom. The lowest BCUT2D eigenvalue weighted by molar-refractivity contribution is -0.00900. The maximum atomic E-state index is 12.2. The van der Waals surface area contributed by atoms with Gasteiger partial charge in [0.1, 0.15) is 0 Å². The van der Waals surface area contributed by atoms with Gasteiger partial charge < -0.3 is 15.0 Å². The zero-order valence-corrected chi connectivity index (χ0v) is 15.8. The monoisotopic (exact) mass is 389 g/mol. The lowest BCUT2D eigenvalue weighted by Crippen LogP contribution is -2.56. The number of urea groups is 1. The Morgan fingerprint density at radius 2 is 2.14 bits per heavy atom. The maximum absolute atomic E-state index is 12.2. The summed E-state index contributed by atoms with van der Waals surface area (Å²) >= 11 is 5.10. The SMILES string of the molecule is CN(Cc1ccc(Br)s1)C(=O)NCC(C)(C)N1CCOCC1. The lowest BCUT2D eigenvalue weighted by atomic mass is 10.0. The number of hydrogen-bond donors (Lipinski definition) is 1. The molecule has 2 rings (SSSR count). The van der Waals surface area contributed by atoms with Crippen LogP contribution < -0.4 is 5.32 Å². The third kappa shape index (κ3) is 4.94. The van der Waals surface area contributed by atoms with E-state index in [1.807, 2.05) is 19.2 Å². The van der Waals surface area contributed by atoms with E-state index in [-0.39, 0.29) is 11.6 Å². The number of hydrogen-bond acceptors (Lipinski definition) is 4. The molecule has 0 aliphatic carbocycles. The molecule has 1 aromatic heterocycles. The molecular formula is C15H24BrN3O2S. The Labute approximate surface area is 144 Å². The summed E-state index contributed by atoms with van der Waals surface area (Å²) in [6.07, 6.45) is 0. The van der Waals surface area contributed by atoms with Gasteiger partial charge in [0.25, 0.3) is 0 Å². The molecule has 0 atom stereocenters. The van der Waals surface area contributed by atoms with E-state index in [0.29, 0.717) is 13.1 Å². The van der Waals surface area contributed by atoms with Gasteiger partial charge in [-0.3, -0.25) is 4.90 Å². The molecule has 124 valence electrons. The Bertz CT molecular complexity index is 501. The number of nitrogens with one attached hydrogen (secondary N) is 1. The smallest absolute Gasteiger partial charge is 0.317 e. The molecule has 0 unspecified atom stereocenters. The number of carbonyl (C=O) groups is 1. The molecule has 2 amide bonds. The van der Waals surface area contributed by atoms with Crippen LogP contribution >= 0.6 is 27.3 Å². The zero-order valence-electron chi connectivity index (χ0n) is 13.4. The molecule has 2 heterocycles. The number of halogens is 1. The number of ether oxygens (including phenoxy) is 1. The van der Waals surface area contributed by atoms with Crippen molar-refractivity contribution in [3.05, 3.63) is 20.8 Å². The van der Waals surface area contributed by atoms with E-state index in [1.54, 1.807) is 16.2 Å². The van der Waals surface area contributed by atoms with Gasteiger partial charge in [-0.2, -0.15) is 0 Å². The first-order chi connectivity index (χ1) is 10.4. The summed E-state index contributed by atoms with van der Waals surface area (Å²) in [5.41, 5.74) is -0.0633. The average molecular weight is 390 g/mol. The average Bonchev–Trinajstić information content (AvgIpc) is 2.91. The van der Waals surface area contributed by atoms with Crippen molar-refractivity contribution in [1.29, 1.82) is 0 Å². The van der Waals surface area contributed by atoms with Crippen LogP contribution in [0.3, 0.4) is 0 Å². The third-order valence-electron chi connectivity index (χ3n) is 3.91. The maximum Gasteiger partial charge on any atom is 0.317 e. The highest BCUT2D eigenvalue weighted by molar-refractivity contribution is 9.11. The van der Waals surface area contributed by atoms with Gasteiger partial charge in [0.05, 0.1) is 23.5 Å². The van der Waals surface area contributed by atoms with Crippen LogP contribution in [0.15, 0.2) is 15.9 Å². The molecule has 1 saturated heterocycles. The van der Waals surface area contributed by atoms with Crippen molar-refractivity contribution in [1.82, 2.24) is 15.1 Å². The Kier molecular flexibility index (Phi) is 6.26. The minimum atomic E-state index is -0.0633. The van der Waals surface area contributed by atoms with Gasteiger partial charge in [0.2, 0.25) is 0 Å². The summed E-state index contributed by atoms with van der Waals surface area (Å²) < 4.78 is 6.47. The van der Waals surface area contributed by atoms with Crippen LogP contribution in [0.1, 0.15) is 18.7 Å². The topological polar surface area (TPSA) is 44.8 Å². The molecule has 5 nitrogen and oxygen atoms in total. The number of nitrogens with zero attached hydrogens (tertiary/aromatic N) is 2. The fourth-order valence-electron chi connectivity index (χ4n) is 2.45. The summed E-state index contributed by atoms with van der Waals surface area (Å²) in [6, 6.07) is 4.01. The van der Waals surface area contributed by atoms with Gasteiger partial charge in [-0.05, 0) is 41.9 Å². The Morgan fingerprint density at radius 3 is 2.73 bits per heavy atom. The van der Waals surface area contributed by atoms with E-state index >= 15 is 0 Å². The molecule has 1 aliphatic rings. The summed E-state index contributed by atoms with van der Waals surface area (Å²) in [6.45, 7) is 8.95. The van der Waals surface area contributed by atoms with E-state index in [0.717, 1.165) is 35.0 Å². The molecule has 0 spiro atoms. The first-order valence-corrected chi connectivity index (χ1v) is 9.05. The van der Waals surface area contributed by atoms with Crippen molar-refractivity contribution >= 4 is 33.3 Å². The molecule has 0 radical (unpaired) electrons. The van der Waals surface area contributed by atoms with Crippen molar-refractivity contribution < 1.29 is 9.53 Å². The predicted molar refractivity (Wildman–Crippen MR) is 93.4 cm³/mol. The number of carbonyl (C=O) groups excluding carboxylic acids is 1. The highest BCUT2D eigenvalue weighted by atomic mass is 79.9. The summed E-state index contributed by atoms with van der Waals surface area (Å²) in [5, 5.41) is 3.04. The molecule has 1 fully saturated rings. The molecule has 22 heavy (non-hydrogen) atoms. The molecule has 0 bridgehead atoms. The van der Waals surface area contributed by atoms with E-state index < -0.39 is 0 Å². The first kappa shape index (κ1) is 17.7. The second-order valence-corrected chi connectivity index (χ2v) is 8.68. The van der Waals surface area contributed by atoms with Crippen LogP contribution in [0.5, 0.6) is 0 Å². The third-order valence-corrected chi connectivity index (χ3v) is 5.52. The summed E-state index contributed by atoms with van der Waals surface area (Å²) in [7, 11) is 1.82. The van der Waals surface area contributed by atoms with E-state index in [2.05, 4.69) is 40.0 Å². The molecule has 1 N–H and O–H groups in total. The van der Waals surface area contributed by atoms with Crippen LogP contribution in [0.4, 0.5) is 4.79 Å². The predicted octanol–water partition coefficient (Wildman–Crippen LogP) is 2.76. The quantitative estimate of drug-likeness (QED) is 0.841. The fourth-order valence-corrected chi connectivity index (χ4v) is 3.99. The normalized spacial score (nSPS) is 16.5. The van der Waals surface area contributed by atoms with Crippen LogP contribution in [-0.2, 0) is 11.3 Å². The molecule has 1 aromatic rings. The summed E-state index contributed by atoms with van der Waals surface area (Å²) in [5.74, 6) is 0. The van der Waals surface area contributed by atoms with Crippen LogP contribution in [-0.4, -0.2) is 61.3 Å². The highest BCUT2D eigenvalue weighted by Gasteiger charge is 2.28. The van der Waals surface area contributed by atoms with E-state index in [1.165, 1.54) is 0 Å². The zero-order chi connectivity index (χ0) is 16.2. The highest BCUT2D eigenvalue weighted by Crippen LogP contribution is 2.23. The standard InChI is InChI=1S/C15H24BrN3O2S/c1-15(2,19-6-8-21-9-7-19)11-17-14(20)18(3)10-12-4-5-13(16)22-12/h4-5H,6-11H2,1-3H3,(H,17,20). The van der Waals surface area contributed by atoms with Gasteiger partial charge in [0, 0.05) is 37.1 Å². The van der Waals surface area contributed by atoms with Crippen molar-refractivity contribution in [3.8, 4) is 0 Å². The second-order valence-electron chi connectivity index (χ2n) is 6.13. The Hall–Kier alpha value is -0.630. The minimum Gasteiger partial charge on any atom is -0.379 e. The number of morpholine rings is 1. The van der Waals surface area contributed by atoms with Crippen LogP contribution in [0, 0.1) is 0 Å². The number of amides is 2. The minimum absolute atomic E-state index is 0.0362. The number of rotatable bonds is 5.